The van der Waals surface area contributed by atoms with Gasteiger partial charge < -0.3 is 9.72 Å². The van der Waals surface area contributed by atoms with Crippen LogP contribution in [0.2, 0.25) is 0 Å². The van der Waals surface area contributed by atoms with E-state index in [-0.39, 0.29) is 0 Å². The number of imidazole rings is 1. The average molecular weight is 200 g/mol. The van der Waals surface area contributed by atoms with Gasteiger partial charge in [0.15, 0.2) is 0 Å². The number of rotatable bonds is 2. The Bertz CT molecular complexity index is 567. The normalized spacial score (nSPS) is 10.7. The van der Waals surface area contributed by atoms with Crippen LogP contribution in [-0.2, 0) is 0 Å². The summed E-state index contributed by atoms with van der Waals surface area (Å²) in [7, 11) is 0. The molecule has 74 valence electrons. The molecule has 0 saturated carbocycles. The van der Waals surface area contributed by atoms with Gasteiger partial charge in [-0.05, 0) is 12.1 Å². The predicted molar refractivity (Wildman–Crippen MR) is 54.9 cm³/mol. The maximum Gasteiger partial charge on any atom is 0.222 e. The van der Waals surface area contributed by atoms with E-state index in [4.69, 9.17) is 0 Å². The van der Waals surface area contributed by atoms with Crippen LogP contribution >= 0.6 is 0 Å². The summed E-state index contributed by atoms with van der Waals surface area (Å²) in [6, 6.07) is 3.86. The molecule has 3 aromatic rings. The Morgan fingerprint density at radius 1 is 1.27 bits per heavy atom. The highest BCUT2D eigenvalue weighted by atomic mass is 15.3. The zero-order valence-corrected chi connectivity index (χ0v) is 7.75. The maximum absolute atomic E-state index is 4.16. The summed E-state index contributed by atoms with van der Waals surface area (Å²) in [5.41, 5.74) is 1.84. The van der Waals surface area contributed by atoms with Gasteiger partial charge in [-0.3, -0.25) is 0 Å². The van der Waals surface area contributed by atoms with Gasteiger partial charge in [-0.25, -0.2) is 10.1 Å². The molecule has 0 radical (unpaired) electrons. The summed E-state index contributed by atoms with van der Waals surface area (Å²) < 4.78 is 1.93. The number of anilines is 2. The number of pyridine rings is 1. The molecule has 3 heterocycles. The topological polar surface area (TPSA) is 70.9 Å². The van der Waals surface area contributed by atoms with Crippen LogP contribution in [0.25, 0.3) is 5.65 Å². The standard InChI is InChI=1S/C9H8N6/c1-2-8-10-3-4-15(8)5-7(1)13-9-11-6-12-14-9/h1-6H,(H2,11,12,13,14). The van der Waals surface area contributed by atoms with Crippen LogP contribution in [0.15, 0.2) is 37.1 Å². The molecule has 2 N–H and O–H groups in total. The number of aromatic nitrogens is 5. The van der Waals surface area contributed by atoms with Crippen molar-refractivity contribution in [2.45, 2.75) is 0 Å². The minimum absolute atomic E-state index is 0.620. The minimum atomic E-state index is 0.620. The van der Waals surface area contributed by atoms with E-state index < -0.39 is 0 Å². The lowest BCUT2D eigenvalue weighted by atomic mass is 10.4. The SMILES string of the molecule is c1n[nH]c(Nc2ccc3nccn3c2)n1. The van der Waals surface area contributed by atoms with Gasteiger partial charge in [-0.1, -0.05) is 0 Å². The van der Waals surface area contributed by atoms with Crippen LogP contribution in [0.1, 0.15) is 0 Å². The van der Waals surface area contributed by atoms with Crippen LogP contribution < -0.4 is 5.32 Å². The molecule has 15 heavy (non-hydrogen) atoms. The number of fused-ring (bicyclic) bond motifs is 1. The molecule has 0 aliphatic rings. The first-order valence-electron chi connectivity index (χ1n) is 4.47. The molecule has 6 nitrogen and oxygen atoms in total. The van der Waals surface area contributed by atoms with Crippen molar-refractivity contribution in [2.75, 3.05) is 5.32 Å². The molecule has 3 aromatic heterocycles. The lowest BCUT2D eigenvalue weighted by Gasteiger charge is -2.02. The van der Waals surface area contributed by atoms with E-state index in [0.717, 1.165) is 11.3 Å². The van der Waals surface area contributed by atoms with Gasteiger partial charge in [0, 0.05) is 18.6 Å². The van der Waals surface area contributed by atoms with Crippen molar-refractivity contribution >= 4 is 17.3 Å². The molecule has 6 heteroatoms. The van der Waals surface area contributed by atoms with Crippen molar-refractivity contribution in [3.05, 3.63) is 37.1 Å². The molecule has 0 saturated heterocycles. The van der Waals surface area contributed by atoms with Crippen LogP contribution in [0.3, 0.4) is 0 Å². The largest absolute Gasteiger partial charge is 0.323 e. The van der Waals surface area contributed by atoms with Crippen molar-refractivity contribution in [1.82, 2.24) is 24.6 Å². The molecule has 0 fully saturated rings. The number of aromatic amines is 1. The zero-order valence-electron chi connectivity index (χ0n) is 7.75. The Kier molecular flexibility index (Phi) is 1.64. The number of hydrogen-bond donors (Lipinski definition) is 2. The third-order valence-electron chi connectivity index (χ3n) is 2.07. The van der Waals surface area contributed by atoms with E-state index in [0.29, 0.717) is 5.95 Å². The Morgan fingerprint density at radius 3 is 3.13 bits per heavy atom. The molecule has 0 atom stereocenters. The van der Waals surface area contributed by atoms with E-state index in [1.54, 1.807) is 6.20 Å². The fourth-order valence-corrected chi connectivity index (χ4v) is 1.40. The number of nitrogens with one attached hydrogen (secondary N) is 2. The first-order valence-corrected chi connectivity index (χ1v) is 4.47. The van der Waals surface area contributed by atoms with Crippen molar-refractivity contribution in [3.63, 3.8) is 0 Å². The molecular formula is C9H8N6. The van der Waals surface area contributed by atoms with E-state index in [2.05, 4.69) is 25.5 Å². The summed E-state index contributed by atoms with van der Waals surface area (Å²) >= 11 is 0. The summed E-state index contributed by atoms with van der Waals surface area (Å²) in [6.45, 7) is 0. The molecule has 0 amide bonds. The molecular weight excluding hydrogens is 192 g/mol. The average Bonchev–Trinajstić information content (AvgIpc) is 2.87. The van der Waals surface area contributed by atoms with Crippen molar-refractivity contribution in [1.29, 1.82) is 0 Å². The van der Waals surface area contributed by atoms with Gasteiger partial charge >= 0.3 is 0 Å². The smallest absolute Gasteiger partial charge is 0.222 e. The maximum atomic E-state index is 4.16. The minimum Gasteiger partial charge on any atom is -0.323 e. The summed E-state index contributed by atoms with van der Waals surface area (Å²) in [6.07, 6.45) is 7.04. The van der Waals surface area contributed by atoms with Crippen LogP contribution in [-0.4, -0.2) is 24.6 Å². The van der Waals surface area contributed by atoms with Crippen LogP contribution in [0.5, 0.6) is 0 Å². The highest BCUT2D eigenvalue weighted by molar-refractivity contribution is 5.55. The third kappa shape index (κ3) is 1.41. The zero-order chi connectivity index (χ0) is 10.1. The Morgan fingerprint density at radius 2 is 2.27 bits per heavy atom. The van der Waals surface area contributed by atoms with E-state index in [9.17, 15) is 0 Å². The highest BCUT2D eigenvalue weighted by Crippen LogP contribution is 2.12. The molecule has 0 unspecified atom stereocenters. The second-order valence-corrected chi connectivity index (χ2v) is 3.07. The van der Waals surface area contributed by atoms with Crippen molar-refractivity contribution in [3.8, 4) is 0 Å². The lowest BCUT2D eigenvalue weighted by Crippen LogP contribution is -1.94. The third-order valence-corrected chi connectivity index (χ3v) is 2.07. The Hall–Kier alpha value is -2.37. The van der Waals surface area contributed by atoms with Crippen LogP contribution in [0.4, 0.5) is 11.6 Å². The Balaban J connectivity index is 1.97. The van der Waals surface area contributed by atoms with E-state index >= 15 is 0 Å². The second-order valence-electron chi connectivity index (χ2n) is 3.07. The summed E-state index contributed by atoms with van der Waals surface area (Å²) in [4.78, 5) is 8.13. The van der Waals surface area contributed by atoms with Gasteiger partial charge in [0.1, 0.15) is 12.0 Å². The highest BCUT2D eigenvalue weighted by Gasteiger charge is 1.98. The predicted octanol–water partition coefficient (Wildman–Crippen LogP) is 1.20. The van der Waals surface area contributed by atoms with Crippen molar-refractivity contribution in [2.24, 2.45) is 0 Å². The fourth-order valence-electron chi connectivity index (χ4n) is 1.40. The number of hydrogen-bond acceptors (Lipinski definition) is 4. The summed E-state index contributed by atoms with van der Waals surface area (Å²) in [5, 5.41) is 9.57. The second kappa shape index (κ2) is 3.09. The van der Waals surface area contributed by atoms with Gasteiger partial charge in [0.2, 0.25) is 5.95 Å². The number of H-pyrrole nitrogens is 1. The molecule has 0 bridgehead atoms. The molecule has 0 aliphatic carbocycles. The molecule has 0 spiro atoms. The molecule has 3 rings (SSSR count). The number of nitrogens with zero attached hydrogens (tertiary/aromatic N) is 4. The van der Waals surface area contributed by atoms with Crippen LogP contribution in [0, 0.1) is 0 Å². The fraction of sp³-hybridized carbons (Fsp3) is 0. The van der Waals surface area contributed by atoms with Crippen molar-refractivity contribution < 1.29 is 0 Å². The molecule has 0 aliphatic heterocycles. The van der Waals surface area contributed by atoms with Gasteiger partial charge in [-0.2, -0.15) is 10.1 Å². The van der Waals surface area contributed by atoms with E-state index in [1.165, 1.54) is 6.33 Å². The van der Waals surface area contributed by atoms with Gasteiger partial charge in [0.25, 0.3) is 0 Å². The summed E-state index contributed by atoms with van der Waals surface area (Å²) in [5.74, 6) is 0.620. The van der Waals surface area contributed by atoms with E-state index in [1.807, 2.05) is 28.9 Å². The molecule has 0 aromatic carbocycles. The van der Waals surface area contributed by atoms with Gasteiger partial charge in [0.05, 0.1) is 5.69 Å². The first kappa shape index (κ1) is 7.98. The first-order chi connectivity index (χ1) is 7.42. The Labute approximate surface area is 85.0 Å². The lowest BCUT2D eigenvalue weighted by molar-refractivity contribution is 1.09. The quantitative estimate of drug-likeness (QED) is 0.652. The van der Waals surface area contributed by atoms with Gasteiger partial charge in [-0.15, -0.1) is 0 Å². The monoisotopic (exact) mass is 200 g/mol.